The van der Waals surface area contributed by atoms with Crippen LogP contribution < -0.4 is 5.32 Å². The van der Waals surface area contributed by atoms with Gasteiger partial charge in [0.2, 0.25) is 0 Å². The Hall–Kier alpha value is -3.10. The third-order valence-corrected chi connectivity index (χ3v) is 6.45. The van der Waals surface area contributed by atoms with Crippen molar-refractivity contribution < 1.29 is 18.0 Å². The molecule has 5 nitrogen and oxygen atoms in total. The number of nitrogens with one attached hydrogen (secondary N) is 1. The summed E-state index contributed by atoms with van der Waals surface area (Å²) in [5.74, 6) is -0.302. The van der Waals surface area contributed by atoms with Crippen molar-refractivity contribution in [1.29, 1.82) is 0 Å². The van der Waals surface area contributed by atoms with Gasteiger partial charge in [-0.1, -0.05) is 35.3 Å². The standard InChI is InChI=1S/C25H21Cl2F3N4O/c1-15-9-16(6-7-21(15)23(35)32-14-20-5-3-4-8-31-20)22-13-24(25(28,29)30,34(2)33-22)17-10-18(26)12-19(27)11-17/h3-12H,13-14H2,1-2H3,(H,32,35). The molecule has 3 aromatic rings. The second-order valence-corrected chi connectivity index (χ2v) is 9.17. The zero-order valence-electron chi connectivity index (χ0n) is 18.8. The molecule has 0 saturated heterocycles. The van der Waals surface area contributed by atoms with Crippen molar-refractivity contribution >= 4 is 34.8 Å². The van der Waals surface area contributed by atoms with Crippen LogP contribution in [0.5, 0.6) is 0 Å². The van der Waals surface area contributed by atoms with Crippen molar-refractivity contribution in [3.63, 3.8) is 0 Å². The van der Waals surface area contributed by atoms with Crippen molar-refractivity contribution in [3.8, 4) is 0 Å². The number of hydrogen-bond acceptors (Lipinski definition) is 4. The number of nitrogens with zero attached hydrogens (tertiary/aromatic N) is 3. The van der Waals surface area contributed by atoms with Gasteiger partial charge in [-0.2, -0.15) is 18.3 Å². The van der Waals surface area contributed by atoms with E-state index < -0.39 is 18.1 Å². The number of carbonyl (C=O) groups excluding carboxylic acids is 1. The molecule has 1 atom stereocenters. The molecule has 0 fully saturated rings. The van der Waals surface area contributed by atoms with Gasteiger partial charge in [0.1, 0.15) is 0 Å². The van der Waals surface area contributed by atoms with Crippen LogP contribution in [-0.2, 0) is 12.1 Å². The van der Waals surface area contributed by atoms with Crippen molar-refractivity contribution in [2.75, 3.05) is 7.05 Å². The molecule has 2 heterocycles. The van der Waals surface area contributed by atoms with Gasteiger partial charge in [0.15, 0.2) is 5.54 Å². The molecule has 1 N–H and O–H groups in total. The normalized spacial score (nSPS) is 17.9. The predicted molar refractivity (Wildman–Crippen MR) is 130 cm³/mol. The Balaban J connectivity index is 1.60. The number of aromatic nitrogens is 1. The summed E-state index contributed by atoms with van der Waals surface area (Å²) in [6.07, 6.45) is -3.46. The lowest BCUT2D eigenvalue weighted by Crippen LogP contribution is -2.50. The van der Waals surface area contributed by atoms with Crippen LogP contribution in [0.25, 0.3) is 0 Å². The summed E-state index contributed by atoms with van der Waals surface area (Å²) < 4.78 is 43.6. The van der Waals surface area contributed by atoms with Crippen molar-refractivity contribution in [3.05, 3.63) is 98.8 Å². The van der Waals surface area contributed by atoms with Gasteiger partial charge in [-0.15, -0.1) is 0 Å². The zero-order chi connectivity index (χ0) is 25.4. The molecule has 0 aliphatic carbocycles. The average molecular weight is 521 g/mol. The van der Waals surface area contributed by atoms with Crippen LogP contribution in [0, 0.1) is 6.92 Å². The number of carbonyl (C=O) groups is 1. The molecule has 1 aromatic heterocycles. The summed E-state index contributed by atoms with van der Waals surface area (Å²) in [6.45, 7) is 1.99. The molecular formula is C25H21Cl2F3N4O. The number of alkyl halides is 3. The third-order valence-electron chi connectivity index (χ3n) is 6.02. The molecule has 0 saturated carbocycles. The maximum atomic E-state index is 14.5. The van der Waals surface area contributed by atoms with Crippen LogP contribution in [0.3, 0.4) is 0 Å². The van der Waals surface area contributed by atoms with Crippen molar-refractivity contribution in [1.82, 2.24) is 15.3 Å². The van der Waals surface area contributed by atoms with E-state index in [4.69, 9.17) is 23.2 Å². The fourth-order valence-corrected chi connectivity index (χ4v) is 4.74. The highest BCUT2D eigenvalue weighted by Gasteiger charge is 2.62. The minimum Gasteiger partial charge on any atom is -0.346 e. The smallest absolute Gasteiger partial charge is 0.346 e. The fourth-order valence-electron chi connectivity index (χ4n) is 4.21. The molecular weight excluding hydrogens is 500 g/mol. The van der Waals surface area contributed by atoms with E-state index in [1.54, 1.807) is 43.5 Å². The van der Waals surface area contributed by atoms with E-state index in [-0.39, 0.29) is 33.8 Å². The van der Waals surface area contributed by atoms with E-state index in [1.807, 2.05) is 6.07 Å². The van der Waals surface area contributed by atoms with Crippen LogP contribution in [0.4, 0.5) is 13.2 Å². The van der Waals surface area contributed by atoms with E-state index in [0.717, 1.165) is 5.01 Å². The highest BCUT2D eigenvalue weighted by atomic mass is 35.5. The molecule has 0 spiro atoms. The van der Waals surface area contributed by atoms with E-state index >= 15 is 0 Å². The summed E-state index contributed by atoms with van der Waals surface area (Å²) in [6, 6.07) is 14.2. The monoisotopic (exact) mass is 520 g/mol. The maximum Gasteiger partial charge on any atom is 0.417 e. The van der Waals surface area contributed by atoms with Crippen LogP contribution in [0.15, 0.2) is 65.9 Å². The van der Waals surface area contributed by atoms with Gasteiger partial charge < -0.3 is 5.32 Å². The van der Waals surface area contributed by atoms with Crippen LogP contribution >= 0.6 is 23.2 Å². The first kappa shape index (κ1) is 25.0. The number of halogens is 5. The van der Waals surface area contributed by atoms with Gasteiger partial charge in [-0.3, -0.25) is 14.8 Å². The Kier molecular flexibility index (Phi) is 6.79. The quantitative estimate of drug-likeness (QED) is 0.440. The summed E-state index contributed by atoms with van der Waals surface area (Å²) in [5.41, 5.74) is -0.0424. The molecule has 1 amide bonds. The molecule has 35 heavy (non-hydrogen) atoms. The summed E-state index contributed by atoms with van der Waals surface area (Å²) >= 11 is 12.0. The van der Waals surface area contributed by atoms with Gasteiger partial charge >= 0.3 is 6.18 Å². The topological polar surface area (TPSA) is 57.6 Å². The lowest BCUT2D eigenvalue weighted by Gasteiger charge is -2.37. The molecule has 0 bridgehead atoms. The van der Waals surface area contributed by atoms with E-state index in [1.165, 1.54) is 25.2 Å². The Morgan fingerprint density at radius 1 is 1.11 bits per heavy atom. The molecule has 4 rings (SSSR count). The minimum atomic E-state index is -4.67. The zero-order valence-corrected chi connectivity index (χ0v) is 20.3. The summed E-state index contributed by atoms with van der Waals surface area (Å²) in [7, 11) is 1.28. The van der Waals surface area contributed by atoms with Gasteiger partial charge in [-0.05, 0) is 66.1 Å². The second-order valence-electron chi connectivity index (χ2n) is 8.30. The number of rotatable bonds is 5. The van der Waals surface area contributed by atoms with Gasteiger partial charge in [0.05, 0.1) is 18.0 Å². The number of hydrazone groups is 1. The van der Waals surface area contributed by atoms with E-state index in [0.29, 0.717) is 22.4 Å². The van der Waals surface area contributed by atoms with Gasteiger partial charge in [-0.25, -0.2) is 0 Å². The number of hydrogen-bond donors (Lipinski definition) is 1. The largest absolute Gasteiger partial charge is 0.417 e. The minimum absolute atomic E-state index is 0.0917. The van der Waals surface area contributed by atoms with E-state index in [2.05, 4.69) is 15.4 Å². The number of benzene rings is 2. The molecule has 10 heteroatoms. The number of amides is 1. The first-order valence-electron chi connectivity index (χ1n) is 10.6. The lowest BCUT2D eigenvalue weighted by atomic mass is 9.83. The maximum absolute atomic E-state index is 14.5. The van der Waals surface area contributed by atoms with E-state index in [9.17, 15) is 18.0 Å². The second kappa shape index (κ2) is 9.51. The van der Waals surface area contributed by atoms with Crippen molar-refractivity contribution in [2.45, 2.75) is 31.6 Å². The Bertz CT molecular complexity index is 1280. The predicted octanol–water partition coefficient (Wildman–Crippen LogP) is 6.12. The molecule has 1 aliphatic heterocycles. The first-order valence-corrected chi connectivity index (χ1v) is 11.4. The highest BCUT2D eigenvalue weighted by molar-refractivity contribution is 6.34. The molecule has 182 valence electrons. The molecule has 1 aliphatic rings. The van der Waals surface area contributed by atoms with Crippen molar-refractivity contribution in [2.24, 2.45) is 5.10 Å². The fraction of sp³-hybridized carbons (Fsp3) is 0.240. The first-order chi connectivity index (χ1) is 16.5. The average Bonchev–Trinajstić information content (AvgIpc) is 3.16. The summed E-state index contributed by atoms with van der Waals surface area (Å²) in [5, 5.41) is 8.17. The van der Waals surface area contributed by atoms with Gasteiger partial charge in [0, 0.05) is 35.3 Å². The Morgan fingerprint density at radius 3 is 2.43 bits per heavy atom. The molecule has 0 radical (unpaired) electrons. The SMILES string of the molecule is Cc1cc(C2=NN(C)C(c3cc(Cl)cc(Cl)c3)(C(F)(F)F)C2)ccc1C(=O)NCc1ccccn1. The number of pyridine rings is 1. The van der Waals surface area contributed by atoms with Crippen LogP contribution in [0.2, 0.25) is 10.0 Å². The Labute approximate surface area is 210 Å². The lowest BCUT2D eigenvalue weighted by molar-refractivity contribution is -0.227. The molecule has 1 unspecified atom stereocenters. The van der Waals surface area contributed by atoms with Crippen LogP contribution in [-0.4, -0.2) is 34.8 Å². The number of aryl methyl sites for hydroxylation is 1. The molecule has 2 aromatic carbocycles. The summed E-state index contributed by atoms with van der Waals surface area (Å²) in [4.78, 5) is 16.8. The third kappa shape index (κ3) is 4.86. The Morgan fingerprint density at radius 2 is 1.83 bits per heavy atom. The van der Waals surface area contributed by atoms with Crippen LogP contribution in [0.1, 0.15) is 39.2 Å². The van der Waals surface area contributed by atoms with Gasteiger partial charge in [0.25, 0.3) is 5.91 Å². The highest BCUT2D eigenvalue weighted by Crippen LogP contribution is 2.50.